The lowest BCUT2D eigenvalue weighted by atomic mass is 9.69. The lowest BCUT2D eigenvalue weighted by Gasteiger charge is -2.35. The Kier molecular flexibility index (Phi) is 1.88. The molecule has 1 N–H and O–H groups in total. The zero-order chi connectivity index (χ0) is 7.73. The van der Waals surface area contributed by atoms with Gasteiger partial charge in [0.15, 0.2) is 0 Å². The Labute approximate surface area is 67.4 Å². The molecule has 0 aromatic carbocycles. The average Bonchev–Trinajstić information content (AvgIpc) is 2.48. The molecule has 2 rings (SSSR count). The number of hydrogen-bond acceptors (Lipinski definition) is 1. The van der Waals surface area contributed by atoms with E-state index in [1.54, 1.807) is 0 Å². The summed E-state index contributed by atoms with van der Waals surface area (Å²) < 4.78 is 12.8. The third kappa shape index (κ3) is 1.08. The van der Waals surface area contributed by atoms with E-state index in [4.69, 9.17) is 0 Å². The van der Waals surface area contributed by atoms with Crippen LogP contribution < -0.4 is 5.32 Å². The van der Waals surface area contributed by atoms with E-state index in [0.717, 1.165) is 19.5 Å². The minimum absolute atomic E-state index is 0.0538. The number of fused-ring (bicyclic) bond motifs is 1. The van der Waals surface area contributed by atoms with E-state index < -0.39 is 0 Å². The average molecular weight is 157 g/mol. The minimum atomic E-state index is -0.106. The van der Waals surface area contributed by atoms with Gasteiger partial charge in [0, 0.05) is 12.0 Å². The van der Waals surface area contributed by atoms with Crippen LogP contribution in [0.15, 0.2) is 0 Å². The van der Waals surface area contributed by atoms with Crippen LogP contribution >= 0.6 is 0 Å². The number of hydrogen-bond donors (Lipinski definition) is 1. The van der Waals surface area contributed by atoms with Crippen molar-refractivity contribution in [2.75, 3.05) is 19.8 Å². The summed E-state index contributed by atoms with van der Waals surface area (Å²) in [7, 11) is 0. The van der Waals surface area contributed by atoms with Crippen LogP contribution in [-0.4, -0.2) is 19.8 Å². The maximum absolute atomic E-state index is 12.8. The molecule has 0 unspecified atom stereocenters. The Balaban J connectivity index is 2.12. The van der Waals surface area contributed by atoms with Crippen LogP contribution in [0.1, 0.15) is 25.7 Å². The van der Waals surface area contributed by atoms with Crippen LogP contribution in [0.25, 0.3) is 0 Å². The molecular weight excluding hydrogens is 141 g/mol. The molecule has 2 aliphatic rings. The summed E-state index contributed by atoms with van der Waals surface area (Å²) in [4.78, 5) is 0. The number of halogens is 1. The highest BCUT2D eigenvalue weighted by Gasteiger charge is 2.44. The van der Waals surface area contributed by atoms with E-state index in [-0.39, 0.29) is 12.1 Å². The monoisotopic (exact) mass is 157 g/mol. The molecule has 64 valence electrons. The molecule has 0 amide bonds. The molecule has 0 spiro atoms. The van der Waals surface area contributed by atoms with Crippen molar-refractivity contribution >= 4 is 0 Å². The summed E-state index contributed by atoms with van der Waals surface area (Å²) in [6.45, 7) is 1.88. The van der Waals surface area contributed by atoms with E-state index >= 15 is 0 Å². The summed E-state index contributed by atoms with van der Waals surface area (Å²) in [5.74, 6) is 0.640. The molecule has 1 saturated heterocycles. The maximum Gasteiger partial charge on any atom is 0.0965 e. The van der Waals surface area contributed by atoms with Crippen LogP contribution in [0, 0.1) is 11.3 Å². The van der Waals surface area contributed by atoms with Gasteiger partial charge in [0.2, 0.25) is 0 Å². The molecule has 1 aliphatic heterocycles. The molecular formula is C9H16FN. The highest BCUT2D eigenvalue weighted by molar-refractivity contribution is 4.96. The summed E-state index contributed by atoms with van der Waals surface area (Å²) in [6, 6.07) is 0. The van der Waals surface area contributed by atoms with Crippen molar-refractivity contribution in [1.29, 1.82) is 0 Å². The van der Waals surface area contributed by atoms with Crippen molar-refractivity contribution in [3.05, 3.63) is 0 Å². The highest BCUT2D eigenvalue weighted by Crippen LogP contribution is 2.43. The van der Waals surface area contributed by atoms with E-state index in [0.29, 0.717) is 5.92 Å². The standard InChI is InChI=1S/C9H16FN/c10-6-9-4-2-1-3-8(9)5-11-7-9/h8,11H,1-7H2/t8-,9-/m1/s1. The van der Waals surface area contributed by atoms with Gasteiger partial charge in [-0.15, -0.1) is 0 Å². The minimum Gasteiger partial charge on any atom is -0.316 e. The summed E-state index contributed by atoms with van der Waals surface area (Å²) in [5, 5.41) is 3.32. The van der Waals surface area contributed by atoms with Crippen molar-refractivity contribution in [1.82, 2.24) is 5.32 Å². The quantitative estimate of drug-likeness (QED) is 0.611. The molecule has 2 fully saturated rings. The van der Waals surface area contributed by atoms with Crippen LogP contribution in [0.3, 0.4) is 0 Å². The predicted octanol–water partition coefficient (Wildman–Crippen LogP) is 1.74. The summed E-state index contributed by atoms with van der Waals surface area (Å²) in [6.07, 6.45) is 4.91. The second-order valence-corrected chi connectivity index (χ2v) is 4.07. The molecule has 1 aliphatic carbocycles. The van der Waals surface area contributed by atoms with Crippen LogP contribution in [0.4, 0.5) is 4.39 Å². The molecule has 2 atom stereocenters. The molecule has 1 saturated carbocycles. The van der Waals surface area contributed by atoms with E-state index in [9.17, 15) is 4.39 Å². The summed E-state index contributed by atoms with van der Waals surface area (Å²) >= 11 is 0. The Bertz CT molecular complexity index is 148. The van der Waals surface area contributed by atoms with Crippen molar-refractivity contribution in [2.45, 2.75) is 25.7 Å². The molecule has 0 bridgehead atoms. The van der Waals surface area contributed by atoms with Crippen molar-refractivity contribution < 1.29 is 4.39 Å². The largest absolute Gasteiger partial charge is 0.316 e. The predicted molar refractivity (Wildman–Crippen MR) is 43.2 cm³/mol. The third-order valence-electron chi connectivity index (χ3n) is 3.48. The van der Waals surface area contributed by atoms with Gasteiger partial charge in [0.05, 0.1) is 6.67 Å². The van der Waals surface area contributed by atoms with Gasteiger partial charge in [-0.25, -0.2) is 0 Å². The first-order valence-corrected chi connectivity index (χ1v) is 4.64. The first-order chi connectivity index (χ1) is 5.37. The van der Waals surface area contributed by atoms with Crippen LogP contribution in [0.5, 0.6) is 0 Å². The maximum atomic E-state index is 12.8. The second-order valence-electron chi connectivity index (χ2n) is 4.07. The fourth-order valence-electron chi connectivity index (χ4n) is 2.65. The first-order valence-electron chi connectivity index (χ1n) is 4.64. The highest BCUT2D eigenvalue weighted by atomic mass is 19.1. The fraction of sp³-hybridized carbons (Fsp3) is 1.00. The Hall–Kier alpha value is -0.110. The fourth-order valence-corrected chi connectivity index (χ4v) is 2.65. The summed E-state index contributed by atoms with van der Waals surface area (Å²) in [5.41, 5.74) is 0.0538. The lowest BCUT2D eigenvalue weighted by Crippen LogP contribution is -2.35. The zero-order valence-electron chi connectivity index (χ0n) is 6.91. The van der Waals surface area contributed by atoms with Gasteiger partial charge in [-0.2, -0.15) is 0 Å². The zero-order valence-corrected chi connectivity index (χ0v) is 6.91. The van der Waals surface area contributed by atoms with Gasteiger partial charge in [-0.05, 0) is 25.3 Å². The molecule has 1 nitrogen and oxygen atoms in total. The van der Waals surface area contributed by atoms with Crippen molar-refractivity contribution in [2.24, 2.45) is 11.3 Å². The Morgan fingerprint density at radius 1 is 1.45 bits per heavy atom. The van der Waals surface area contributed by atoms with Crippen LogP contribution in [-0.2, 0) is 0 Å². The normalized spacial score (nSPS) is 43.9. The molecule has 1 heterocycles. The van der Waals surface area contributed by atoms with Crippen molar-refractivity contribution in [3.8, 4) is 0 Å². The molecule has 0 radical (unpaired) electrons. The van der Waals surface area contributed by atoms with Gasteiger partial charge in [0.25, 0.3) is 0 Å². The van der Waals surface area contributed by atoms with E-state index in [1.807, 2.05) is 0 Å². The molecule has 0 aromatic rings. The molecule has 2 heteroatoms. The third-order valence-corrected chi connectivity index (χ3v) is 3.48. The van der Waals surface area contributed by atoms with Gasteiger partial charge in [-0.1, -0.05) is 12.8 Å². The molecule has 0 aromatic heterocycles. The second kappa shape index (κ2) is 2.74. The Morgan fingerprint density at radius 3 is 3.09 bits per heavy atom. The van der Waals surface area contributed by atoms with Gasteiger partial charge >= 0.3 is 0 Å². The van der Waals surface area contributed by atoms with Gasteiger partial charge in [-0.3, -0.25) is 4.39 Å². The Morgan fingerprint density at radius 2 is 2.36 bits per heavy atom. The van der Waals surface area contributed by atoms with Gasteiger partial charge < -0.3 is 5.32 Å². The smallest absolute Gasteiger partial charge is 0.0965 e. The molecule has 11 heavy (non-hydrogen) atoms. The topological polar surface area (TPSA) is 12.0 Å². The number of alkyl halides is 1. The number of rotatable bonds is 1. The lowest BCUT2D eigenvalue weighted by molar-refractivity contribution is 0.109. The van der Waals surface area contributed by atoms with Crippen molar-refractivity contribution in [3.63, 3.8) is 0 Å². The van der Waals surface area contributed by atoms with Crippen LogP contribution in [0.2, 0.25) is 0 Å². The van der Waals surface area contributed by atoms with E-state index in [2.05, 4.69) is 5.32 Å². The van der Waals surface area contributed by atoms with E-state index in [1.165, 1.54) is 19.3 Å². The number of nitrogens with one attached hydrogen (secondary N) is 1. The first kappa shape index (κ1) is 7.53. The SMILES string of the molecule is FC[C@@]12CCCC[C@@H]1CNC2. The van der Waals surface area contributed by atoms with Gasteiger partial charge in [0.1, 0.15) is 0 Å².